The van der Waals surface area contributed by atoms with E-state index in [2.05, 4.69) is 10.6 Å². The second-order valence-electron chi connectivity index (χ2n) is 4.43. The molecule has 0 aromatic heterocycles. The van der Waals surface area contributed by atoms with E-state index in [9.17, 15) is 22.4 Å². The van der Waals surface area contributed by atoms with Crippen LogP contribution in [0.5, 0.6) is 0 Å². The minimum Gasteiger partial charge on any atom is -0.376 e. The van der Waals surface area contributed by atoms with E-state index < -0.39 is 23.3 Å². The first-order valence-corrected chi connectivity index (χ1v) is 7.35. The second kappa shape index (κ2) is 7.87. The molecule has 0 fully saturated rings. The zero-order valence-corrected chi connectivity index (χ0v) is 12.5. The molecule has 0 saturated carbocycles. The third kappa shape index (κ3) is 5.48. The Morgan fingerprint density at radius 1 is 1.00 bits per heavy atom. The van der Waals surface area contributed by atoms with Crippen molar-refractivity contribution in [1.29, 1.82) is 0 Å². The quantitative estimate of drug-likeness (QED) is 0.605. The Hall–Kier alpha value is -2.22. The van der Waals surface area contributed by atoms with Gasteiger partial charge in [-0.2, -0.15) is 8.78 Å². The third-order valence-electron chi connectivity index (χ3n) is 2.74. The van der Waals surface area contributed by atoms with E-state index in [0.29, 0.717) is 22.3 Å². The van der Waals surface area contributed by atoms with Crippen LogP contribution >= 0.6 is 11.8 Å². The number of hydrogen-bond acceptors (Lipinski definition) is 3. The normalized spacial score (nSPS) is 10.7. The molecule has 0 heterocycles. The Labute approximate surface area is 134 Å². The van der Waals surface area contributed by atoms with Crippen LogP contribution in [0, 0.1) is 11.6 Å². The molecule has 2 rings (SSSR count). The van der Waals surface area contributed by atoms with Crippen molar-refractivity contribution in [2.45, 2.75) is 10.7 Å². The Kier molecular flexibility index (Phi) is 5.86. The summed E-state index contributed by atoms with van der Waals surface area (Å²) >= 11 is 0.412. The molecule has 0 radical (unpaired) electrons. The van der Waals surface area contributed by atoms with Crippen LogP contribution in [0.3, 0.4) is 0 Å². The minimum atomic E-state index is -2.50. The molecule has 0 atom stereocenters. The van der Waals surface area contributed by atoms with Crippen LogP contribution in [0.25, 0.3) is 0 Å². The van der Waals surface area contributed by atoms with Crippen molar-refractivity contribution in [2.75, 3.05) is 17.2 Å². The standard InChI is InChI=1S/C15H12F4N2OS/c16-12-6-3-10(7-13(12)17)20-8-14(22)21-9-1-4-11(5-2-9)23-15(18)19/h1-7,15,20H,8H2,(H,21,22). The zero-order chi connectivity index (χ0) is 16.8. The highest BCUT2D eigenvalue weighted by Crippen LogP contribution is 2.26. The molecule has 0 aliphatic rings. The number of halogens is 4. The Bertz CT molecular complexity index is 680. The van der Waals surface area contributed by atoms with Crippen LogP contribution in [0.2, 0.25) is 0 Å². The molecule has 0 aliphatic heterocycles. The number of hydrogen-bond donors (Lipinski definition) is 2. The highest BCUT2D eigenvalue weighted by atomic mass is 32.2. The van der Waals surface area contributed by atoms with Crippen LogP contribution in [0.4, 0.5) is 28.9 Å². The van der Waals surface area contributed by atoms with E-state index in [1.54, 1.807) is 0 Å². The van der Waals surface area contributed by atoms with Crippen molar-refractivity contribution >= 4 is 29.0 Å². The molecule has 3 nitrogen and oxygen atoms in total. The topological polar surface area (TPSA) is 41.1 Å². The zero-order valence-electron chi connectivity index (χ0n) is 11.7. The first-order valence-electron chi connectivity index (χ1n) is 6.47. The van der Waals surface area contributed by atoms with Gasteiger partial charge >= 0.3 is 0 Å². The van der Waals surface area contributed by atoms with Gasteiger partial charge in [-0.25, -0.2) is 8.78 Å². The number of carbonyl (C=O) groups is 1. The van der Waals surface area contributed by atoms with Gasteiger partial charge in [0, 0.05) is 22.3 Å². The van der Waals surface area contributed by atoms with Crippen LogP contribution in [-0.4, -0.2) is 18.2 Å². The van der Waals surface area contributed by atoms with Gasteiger partial charge in [0.15, 0.2) is 11.6 Å². The molecule has 0 spiro atoms. The first-order chi connectivity index (χ1) is 10.9. The fraction of sp³-hybridized carbons (Fsp3) is 0.133. The molecular weight excluding hydrogens is 332 g/mol. The summed E-state index contributed by atoms with van der Waals surface area (Å²) in [7, 11) is 0. The number of nitrogens with one attached hydrogen (secondary N) is 2. The molecule has 8 heteroatoms. The number of benzene rings is 2. The molecule has 0 saturated heterocycles. The van der Waals surface area contributed by atoms with E-state index >= 15 is 0 Å². The number of thioether (sulfide) groups is 1. The lowest BCUT2D eigenvalue weighted by Crippen LogP contribution is -2.21. The summed E-state index contributed by atoms with van der Waals surface area (Å²) in [4.78, 5) is 12.1. The monoisotopic (exact) mass is 344 g/mol. The summed E-state index contributed by atoms with van der Waals surface area (Å²) in [6.45, 7) is -0.154. The summed E-state index contributed by atoms with van der Waals surface area (Å²) in [5.74, 6) is -4.90. The van der Waals surface area contributed by atoms with Gasteiger partial charge in [0.2, 0.25) is 5.91 Å². The van der Waals surface area contributed by atoms with Crippen LogP contribution in [0.1, 0.15) is 0 Å². The Morgan fingerprint density at radius 3 is 2.26 bits per heavy atom. The van der Waals surface area contributed by atoms with E-state index in [1.165, 1.54) is 30.3 Å². The number of anilines is 2. The van der Waals surface area contributed by atoms with Crippen LogP contribution in [0.15, 0.2) is 47.4 Å². The summed E-state index contributed by atoms with van der Waals surface area (Å²) in [6.07, 6.45) is 0. The lowest BCUT2D eigenvalue weighted by molar-refractivity contribution is -0.114. The van der Waals surface area contributed by atoms with Gasteiger partial charge in [-0.3, -0.25) is 4.79 Å². The maximum Gasteiger partial charge on any atom is 0.288 e. The van der Waals surface area contributed by atoms with E-state index in [1.807, 2.05) is 0 Å². The van der Waals surface area contributed by atoms with E-state index in [-0.39, 0.29) is 12.2 Å². The average molecular weight is 344 g/mol. The van der Waals surface area contributed by atoms with Gasteiger partial charge in [0.1, 0.15) is 0 Å². The van der Waals surface area contributed by atoms with Gasteiger partial charge < -0.3 is 10.6 Å². The molecule has 0 aliphatic carbocycles. The maximum absolute atomic E-state index is 13.0. The summed E-state index contributed by atoms with van der Waals surface area (Å²) in [5, 5.41) is 5.20. The largest absolute Gasteiger partial charge is 0.376 e. The molecule has 0 unspecified atom stereocenters. The molecular formula is C15H12F4N2OS. The van der Waals surface area contributed by atoms with Crippen LogP contribution < -0.4 is 10.6 Å². The molecule has 2 N–H and O–H groups in total. The predicted molar refractivity (Wildman–Crippen MR) is 81.8 cm³/mol. The molecule has 122 valence electrons. The fourth-order valence-electron chi connectivity index (χ4n) is 1.71. The van der Waals surface area contributed by atoms with Crippen molar-refractivity contribution in [2.24, 2.45) is 0 Å². The van der Waals surface area contributed by atoms with Gasteiger partial charge in [0.25, 0.3) is 5.76 Å². The minimum absolute atomic E-state index is 0.154. The van der Waals surface area contributed by atoms with Crippen molar-refractivity contribution in [3.8, 4) is 0 Å². The summed E-state index contributed by atoms with van der Waals surface area (Å²) in [6, 6.07) is 9.14. The first kappa shape index (κ1) is 17.1. The molecule has 2 aromatic carbocycles. The average Bonchev–Trinajstić information content (AvgIpc) is 2.50. The molecule has 1 amide bonds. The number of rotatable bonds is 6. The molecule has 23 heavy (non-hydrogen) atoms. The van der Waals surface area contributed by atoms with E-state index in [4.69, 9.17) is 0 Å². The Morgan fingerprint density at radius 2 is 1.65 bits per heavy atom. The summed E-state index contributed by atoms with van der Waals surface area (Å²) < 4.78 is 50.1. The third-order valence-corrected chi connectivity index (χ3v) is 3.46. The molecule has 0 bridgehead atoms. The fourth-order valence-corrected chi connectivity index (χ4v) is 2.21. The lowest BCUT2D eigenvalue weighted by Gasteiger charge is -2.08. The Balaban J connectivity index is 1.85. The van der Waals surface area contributed by atoms with Gasteiger partial charge in [-0.1, -0.05) is 11.8 Å². The maximum atomic E-state index is 13.0. The number of amides is 1. The van der Waals surface area contributed by atoms with Crippen molar-refractivity contribution in [3.63, 3.8) is 0 Å². The number of carbonyl (C=O) groups excluding carboxylic acids is 1. The second-order valence-corrected chi connectivity index (χ2v) is 5.50. The smallest absolute Gasteiger partial charge is 0.288 e. The lowest BCUT2D eigenvalue weighted by atomic mass is 10.3. The van der Waals surface area contributed by atoms with Gasteiger partial charge in [-0.15, -0.1) is 0 Å². The van der Waals surface area contributed by atoms with Gasteiger partial charge in [0.05, 0.1) is 6.54 Å². The predicted octanol–water partition coefficient (Wildman–Crippen LogP) is 4.33. The summed E-state index contributed by atoms with van der Waals surface area (Å²) in [5.41, 5.74) is 0.712. The SMILES string of the molecule is O=C(CNc1ccc(F)c(F)c1)Nc1ccc(SC(F)F)cc1. The number of alkyl halides is 2. The van der Waals surface area contributed by atoms with Crippen molar-refractivity contribution in [1.82, 2.24) is 0 Å². The van der Waals surface area contributed by atoms with Gasteiger partial charge in [-0.05, 0) is 36.4 Å². The van der Waals surface area contributed by atoms with Crippen molar-refractivity contribution in [3.05, 3.63) is 54.1 Å². The molecule has 2 aromatic rings. The van der Waals surface area contributed by atoms with Crippen molar-refractivity contribution < 1.29 is 22.4 Å². The highest BCUT2D eigenvalue weighted by Gasteiger charge is 2.07. The highest BCUT2D eigenvalue weighted by molar-refractivity contribution is 7.99. The van der Waals surface area contributed by atoms with E-state index in [0.717, 1.165) is 12.1 Å². The van der Waals surface area contributed by atoms with Crippen LogP contribution in [-0.2, 0) is 4.79 Å².